The molecule has 1 heterocycles. The van der Waals surface area contributed by atoms with Gasteiger partial charge in [-0.05, 0) is 0 Å². The van der Waals surface area contributed by atoms with Crippen LogP contribution in [0.5, 0.6) is 0 Å². The quantitative estimate of drug-likeness (QED) is 0.676. The van der Waals surface area contributed by atoms with Crippen molar-refractivity contribution in [3.8, 4) is 0 Å². The monoisotopic (exact) mass is 186 g/mol. The average Bonchev–Trinajstić information content (AvgIpc) is 2.45. The Labute approximate surface area is 73.1 Å². The Morgan fingerprint density at radius 2 is 2.38 bits per heavy atom. The highest BCUT2D eigenvalue weighted by atomic mass is 16.8. The van der Waals surface area contributed by atoms with Gasteiger partial charge >= 0.3 is 11.7 Å². The van der Waals surface area contributed by atoms with Gasteiger partial charge in [0.25, 0.3) is 4.92 Å². The van der Waals surface area contributed by atoms with E-state index in [9.17, 15) is 9.70 Å². The van der Waals surface area contributed by atoms with Gasteiger partial charge in [-0.3, -0.25) is 4.68 Å². The Morgan fingerprint density at radius 1 is 1.77 bits per heavy atom. The molecule has 0 spiro atoms. The van der Waals surface area contributed by atoms with E-state index in [4.69, 9.17) is 5.11 Å². The zero-order valence-corrected chi connectivity index (χ0v) is 7.09. The minimum Gasteiger partial charge on any atom is -0.476 e. The SMILES string of the molecule is CO[N+](=O)c1cnn(C)c1C(=O)O. The van der Waals surface area contributed by atoms with Crippen molar-refractivity contribution >= 4 is 11.7 Å². The number of hydrogen-bond donors (Lipinski definition) is 1. The summed E-state index contributed by atoms with van der Waals surface area (Å²) in [5.41, 5.74) is -0.339. The molecule has 0 saturated heterocycles. The van der Waals surface area contributed by atoms with Crippen LogP contribution in [-0.4, -0.2) is 32.9 Å². The molecule has 0 unspecified atom stereocenters. The fraction of sp³-hybridized carbons (Fsp3) is 0.333. The van der Waals surface area contributed by atoms with Crippen LogP contribution in [0.25, 0.3) is 0 Å². The molecule has 1 N–H and O–H groups in total. The van der Waals surface area contributed by atoms with E-state index in [0.717, 1.165) is 18.0 Å². The highest BCUT2D eigenvalue weighted by Gasteiger charge is 2.29. The third-order valence-electron chi connectivity index (χ3n) is 1.48. The highest BCUT2D eigenvalue weighted by Crippen LogP contribution is 2.16. The van der Waals surface area contributed by atoms with Crippen LogP contribution in [0.1, 0.15) is 10.5 Å². The Balaban J connectivity index is 3.22. The van der Waals surface area contributed by atoms with Gasteiger partial charge in [0.1, 0.15) is 6.20 Å². The van der Waals surface area contributed by atoms with Gasteiger partial charge in [-0.15, -0.1) is 0 Å². The summed E-state index contributed by atoms with van der Waals surface area (Å²) in [4.78, 5) is 26.0. The lowest BCUT2D eigenvalue weighted by Gasteiger charge is -1.91. The number of nitrogens with zero attached hydrogens (tertiary/aromatic N) is 3. The standard InChI is InChI=1S/C6H7N3O4/c1-8-5(6(10)11)4(3-7-8)9(12)13-2/h3H,1-2H3/p+1. The zero-order valence-electron chi connectivity index (χ0n) is 7.09. The van der Waals surface area contributed by atoms with Crippen molar-refractivity contribution < 1.29 is 19.7 Å². The normalized spacial score (nSPS) is 9.69. The molecular weight excluding hydrogens is 178 g/mol. The van der Waals surface area contributed by atoms with Crippen LogP contribution in [0.2, 0.25) is 0 Å². The van der Waals surface area contributed by atoms with Crippen molar-refractivity contribution in [3.05, 3.63) is 16.8 Å². The first-order valence-electron chi connectivity index (χ1n) is 3.34. The maximum Gasteiger partial charge on any atom is 0.369 e. The fourth-order valence-electron chi connectivity index (χ4n) is 0.906. The van der Waals surface area contributed by atoms with Crippen molar-refractivity contribution in [1.29, 1.82) is 0 Å². The molecule has 0 aromatic carbocycles. The lowest BCUT2D eigenvalue weighted by molar-refractivity contribution is -0.736. The van der Waals surface area contributed by atoms with Crippen molar-refractivity contribution in [2.45, 2.75) is 0 Å². The van der Waals surface area contributed by atoms with E-state index in [1.165, 1.54) is 7.05 Å². The molecule has 13 heavy (non-hydrogen) atoms. The molecule has 7 heteroatoms. The third kappa shape index (κ3) is 1.48. The summed E-state index contributed by atoms with van der Waals surface area (Å²) < 4.78 is 1.08. The molecule has 1 aromatic rings. The second-order valence-electron chi connectivity index (χ2n) is 2.25. The Kier molecular flexibility index (Phi) is 2.27. The molecule has 0 amide bonds. The number of carboxylic acids is 1. The van der Waals surface area contributed by atoms with Crippen LogP contribution in [-0.2, 0) is 11.9 Å². The molecule has 0 atom stereocenters. The van der Waals surface area contributed by atoms with E-state index in [0.29, 0.717) is 0 Å². The fourth-order valence-corrected chi connectivity index (χ4v) is 0.906. The van der Waals surface area contributed by atoms with E-state index in [1.807, 2.05) is 0 Å². The number of aromatic nitrogens is 2. The average molecular weight is 186 g/mol. The summed E-state index contributed by atoms with van der Waals surface area (Å²) in [5, 5.41) is 12.3. The zero-order chi connectivity index (χ0) is 10.0. The Morgan fingerprint density at radius 3 is 2.85 bits per heavy atom. The second-order valence-corrected chi connectivity index (χ2v) is 2.25. The number of carbonyl (C=O) groups is 1. The summed E-state index contributed by atoms with van der Waals surface area (Å²) >= 11 is 0. The second kappa shape index (κ2) is 3.21. The predicted octanol–water partition coefficient (Wildman–Crippen LogP) is 0.0901. The van der Waals surface area contributed by atoms with Gasteiger partial charge in [-0.2, -0.15) is 5.10 Å². The van der Waals surface area contributed by atoms with Gasteiger partial charge in [0.15, 0.2) is 7.11 Å². The first-order valence-corrected chi connectivity index (χ1v) is 3.34. The van der Waals surface area contributed by atoms with Crippen LogP contribution in [0, 0.1) is 4.91 Å². The first kappa shape index (κ1) is 9.17. The minimum atomic E-state index is -1.23. The Hall–Kier alpha value is -1.92. The molecule has 0 aliphatic heterocycles. The molecule has 0 saturated carbocycles. The van der Waals surface area contributed by atoms with Crippen molar-refractivity contribution in [2.24, 2.45) is 7.05 Å². The maximum absolute atomic E-state index is 10.9. The van der Waals surface area contributed by atoms with E-state index in [1.54, 1.807) is 0 Å². The summed E-state index contributed by atoms with van der Waals surface area (Å²) in [6.07, 6.45) is 1.12. The topological polar surface area (TPSA) is 84.4 Å². The van der Waals surface area contributed by atoms with Gasteiger partial charge < -0.3 is 5.11 Å². The van der Waals surface area contributed by atoms with Crippen LogP contribution in [0.4, 0.5) is 5.69 Å². The number of carboxylic acid groups (broad SMARTS) is 1. The van der Waals surface area contributed by atoms with E-state index in [2.05, 4.69) is 9.94 Å². The third-order valence-corrected chi connectivity index (χ3v) is 1.48. The molecular formula is C6H8N3O4+. The lowest BCUT2D eigenvalue weighted by atomic mass is 10.4. The molecule has 0 aliphatic carbocycles. The van der Waals surface area contributed by atoms with E-state index < -0.39 is 5.97 Å². The summed E-state index contributed by atoms with van der Waals surface area (Å²) in [5.74, 6) is -1.23. The van der Waals surface area contributed by atoms with Crippen LogP contribution in [0.3, 0.4) is 0 Å². The molecule has 0 bridgehead atoms. The number of aryl methyl sites for hydroxylation is 1. The van der Waals surface area contributed by atoms with Crippen LogP contribution >= 0.6 is 0 Å². The molecule has 70 valence electrons. The van der Waals surface area contributed by atoms with Gasteiger partial charge in [0.2, 0.25) is 5.69 Å². The number of rotatable bonds is 3. The van der Waals surface area contributed by atoms with E-state index >= 15 is 0 Å². The van der Waals surface area contributed by atoms with Gasteiger partial charge in [-0.1, -0.05) is 0 Å². The smallest absolute Gasteiger partial charge is 0.369 e. The van der Waals surface area contributed by atoms with Gasteiger partial charge in [0.05, 0.1) is 4.91 Å². The van der Waals surface area contributed by atoms with Gasteiger partial charge in [0, 0.05) is 7.05 Å². The van der Waals surface area contributed by atoms with Crippen molar-refractivity contribution in [1.82, 2.24) is 9.78 Å². The van der Waals surface area contributed by atoms with Gasteiger partial charge in [-0.25, -0.2) is 9.63 Å². The molecule has 7 nitrogen and oxygen atoms in total. The molecule has 0 aliphatic rings. The highest BCUT2D eigenvalue weighted by molar-refractivity contribution is 5.90. The van der Waals surface area contributed by atoms with Crippen LogP contribution < -0.4 is 0 Å². The van der Waals surface area contributed by atoms with Crippen LogP contribution in [0.15, 0.2) is 6.20 Å². The summed E-state index contributed by atoms with van der Waals surface area (Å²) in [6, 6.07) is 0. The molecule has 1 aromatic heterocycles. The molecule has 1 rings (SSSR count). The largest absolute Gasteiger partial charge is 0.476 e. The molecule has 0 radical (unpaired) electrons. The predicted molar refractivity (Wildman–Crippen MR) is 40.5 cm³/mol. The minimum absolute atomic E-state index is 0.0937. The first-order chi connectivity index (χ1) is 6.07. The lowest BCUT2D eigenvalue weighted by Crippen LogP contribution is -2.09. The summed E-state index contributed by atoms with van der Waals surface area (Å²) in [7, 11) is 2.57. The van der Waals surface area contributed by atoms with Crippen molar-refractivity contribution in [2.75, 3.05) is 7.11 Å². The number of aromatic carboxylic acids is 1. The van der Waals surface area contributed by atoms with Crippen molar-refractivity contribution in [3.63, 3.8) is 0 Å². The Bertz CT molecular complexity index is 357. The maximum atomic E-state index is 10.9. The molecule has 0 fully saturated rings. The summed E-state index contributed by atoms with van der Waals surface area (Å²) in [6.45, 7) is 0. The number of hydrogen-bond acceptors (Lipinski definition) is 4. The van der Waals surface area contributed by atoms with E-state index in [-0.39, 0.29) is 16.3 Å².